The second-order valence-corrected chi connectivity index (χ2v) is 7.32. The van der Waals surface area contributed by atoms with Crippen LogP contribution in [0, 0.1) is 0 Å². The summed E-state index contributed by atoms with van der Waals surface area (Å²) in [5, 5.41) is 12.6. The number of benzene rings is 2. The number of anilines is 1. The molecule has 0 bridgehead atoms. The van der Waals surface area contributed by atoms with Crippen LogP contribution in [0.3, 0.4) is 0 Å². The molecular weight excluding hydrogens is 416 g/mol. The Hall–Kier alpha value is -2.97. The second kappa shape index (κ2) is 9.02. The Balaban J connectivity index is 1.74. The monoisotopic (exact) mass is 432 g/mol. The highest BCUT2D eigenvalue weighted by Gasteiger charge is 2.36. The molecule has 3 amide bonds. The van der Waals surface area contributed by atoms with E-state index >= 15 is 0 Å². The molecule has 150 valence electrons. The van der Waals surface area contributed by atoms with Gasteiger partial charge in [0.15, 0.2) is 11.5 Å². The number of carbonyl (C=O) groups is 3. The fourth-order valence-corrected chi connectivity index (χ4v) is 3.61. The molecule has 2 N–H and O–H groups in total. The van der Waals surface area contributed by atoms with Gasteiger partial charge in [0, 0.05) is 5.56 Å². The van der Waals surface area contributed by atoms with E-state index in [2.05, 4.69) is 5.32 Å². The standard InChI is InChI=1S/C20H17ClN2O5S/c1-2-28-15-9-5-6-12(18(15)25)10-16-19(26)23(20(27)29-16)11-17(24)22-14-8-4-3-7-13(14)21/h3-10,25H,2,11H2,1H3,(H,22,24)/b16-10+. The summed E-state index contributed by atoms with van der Waals surface area (Å²) in [6, 6.07) is 11.5. The van der Waals surface area contributed by atoms with Crippen molar-refractivity contribution in [1.82, 2.24) is 4.90 Å². The van der Waals surface area contributed by atoms with Crippen molar-refractivity contribution in [1.29, 1.82) is 0 Å². The summed E-state index contributed by atoms with van der Waals surface area (Å²) in [6.45, 7) is 1.71. The third-order valence-corrected chi connectivity index (χ3v) is 5.18. The molecule has 1 heterocycles. The lowest BCUT2D eigenvalue weighted by atomic mass is 10.1. The van der Waals surface area contributed by atoms with Gasteiger partial charge in [-0.1, -0.05) is 35.9 Å². The van der Waals surface area contributed by atoms with E-state index in [1.54, 1.807) is 49.4 Å². The molecule has 29 heavy (non-hydrogen) atoms. The normalized spacial score (nSPS) is 15.1. The molecule has 1 saturated heterocycles. The van der Waals surface area contributed by atoms with Crippen LogP contribution in [0.5, 0.6) is 11.5 Å². The van der Waals surface area contributed by atoms with Crippen LogP contribution < -0.4 is 10.1 Å². The molecule has 2 aromatic rings. The summed E-state index contributed by atoms with van der Waals surface area (Å²) >= 11 is 6.69. The molecule has 7 nitrogen and oxygen atoms in total. The maximum absolute atomic E-state index is 12.6. The summed E-state index contributed by atoms with van der Waals surface area (Å²) < 4.78 is 5.32. The number of phenols is 1. The molecule has 3 rings (SSSR count). The number of nitrogens with one attached hydrogen (secondary N) is 1. The van der Waals surface area contributed by atoms with Crippen LogP contribution in [0.25, 0.3) is 6.08 Å². The zero-order valence-electron chi connectivity index (χ0n) is 15.3. The van der Waals surface area contributed by atoms with Gasteiger partial charge in [-0.15, -0.1) is 0 Å². The van der Waals surface area contributed by atoms with Crippen molar-refractivity contribution < 1.29 is 24.2 Å². The van der Waals surface area contributed by atoms with Gasteiger partial charge in [0.2, 0.25) is 5.91 Å². The third-order valence-electron chi connectivity index (χ3n) is 3.94. The van der Waals surface area contributed by atoms with Crippen LogP contribution in [0.1, 0.15) is 12.5 Å². The van der Waals surface area contributed by atoms with Crippen molar-refractivity contribution in [3.05, 3.63) is 58.0 Å². The minimum absolute atomic E-state index is 0.101. The van der Waals surface area contributed by atoms with Crippen molar-refractivity contribution in [2.24, 2.45) is 0 Å². The molecule has 1 aliphatic heterocycles. The molecule has 0 radical (unpaired) electrons. The Morgan fingerprint density at radius 3 is 2.72 bits per heavy atom. The number of amides is 3. The van der Waals surface area contributed by atoms with E-state index in [1.807, 2.05) is 0 Å². The van der Waals surface area contributed by atoms with Gasteiger partial charge in [0.05, 0.1) is 22.2 Å². The first kappa shape index (κ1) is 20.8. The van der Waals surface area contributed by atoms with Crippen molar-refractivity contribution >= 4 is 52.2 Å². The van der Waals surface area contributed by atoms with E-state index in [9.17, 15) is 19.5 Å². The number of imide groups is 1. The van der Waals surface area contributed by atoms with Crippen LogP contribution in [-0.2, 0) is 9.59 Å². The zero-order chi connectivity index (χ0) is 21.0. The molecule has 9 heteroatoms. The van der Waals surface area contributed by atoms with E-state index in [-0.39, 0.29) is 16.4 Å². The molecule has 1 fully saturated rings. The Labute approximate surface area is 176 Å². The summed E-state index contributed by atoms with van der Waals surface area (Å²) in [7, 11) is 0. The number of ether oxygens (including phenoxy) is 1. The number of halogens is 1. The number of rotatable bonds is 6. The topological polar surface area (TPSA) is 95.9 Å². The number of para-hydroxylation sites is 2. The zero-order valence-corrected chi connectivity index (χ0v) is 16.9. The van der Waals surface area contributed by atoms with Crippen LogP contribution in [-0.4, -0.2) is 40.2 Å². The molecule has 0 atom stereocenters. The van der Waals surface area contributed by atoms with Gasteiger partial charge < -0.3 is 15.2 Å². The average Bonchev–Trinajstić information content (AvgIpc) is 2.94. The van der Waals surface area contributed by atoms with Crippen LogP contribution >= 0.6 is 23.4 Å². The number of thioether (sulfide) groups is 1. The fourth-order valence-electron chi connectivity index (χ4n) is 2.60. The van der Waals surface area contributed by atoms with Crippen LogP contribution in [0.2, 0.25) is 5.02 Å². The highest BCUT2D eigenvalue weighted by Crippen LogP contribution is 2.36. The number of nitrogens with zero attached hydrogens (tertiary/aromatic N) is 1. The van der Waals surface area contributed by atoms with Gasteiger partial charge in [-0.05, 0) is 43.0 Å². The van der Waals surface area contributed by atoms with E-state index in [0.29, 0.717) is 34.6 Å². The Morgan fingerprint density at radius 1 is 1.24 bits per heavy atom. The number of aromatic hydroxyl groups is 1. The van der Waals surface area contributed by atoms with E-state index in [1.165, 1.54) is 6.08 Å². The summed E-state index contributed by atoms with van der Waals surface area (Å²) in [4.78, 5) is 38.0. The SMILES string of the molecule is CCOc1cccc(/C=C2/SC(=O)N(CC(=O)Nc3ccccc3Cl)C2=O)c1O. The van der Waals surface area contributed by atoms with Crippen molar-refractivity contribution in [3.8, 4) is 11.5 Å². The highest BCUT2D eigenvalue weighted by molar-refractivity contribution is 8.18. The first-order valence-electron chi connectivity index (χ1n) is 8.65. The highest BCUT2D eigenvalue weighted by atomic mass is 35.5. The van der Waals surface area contributed by atoms with Gasteiger partial charge in [0.1, 0.15) is 6.54 Å². The summed E-state index contributed by atoms with van der Waals surface area (Å²) in [5.74, 6) is -1.02. The Morgan fingerprint density at radius 2 is 2.00 bits per heavy atom. The minimum atomic E-state index is -0.615. The fraction of sp³-hybridized carbons (Fsp3) is 0.150. The predicted octanol–water partition coefficient (Wildman–Crippen LogP) is 4.12. The van der Waals surface area contributed by atoms with Crippen molar-refractivity contribution in [2.45, 2.75) is 6.92 Å². The predicted molar refractivity (Wildman–Crippen MR) is 112 cm³/mol. The Bertz CT molecular complexity index is 1010. The number of hydrogen-bond donors (Lipinski definition) is 2. The van der Waals surface area contributed by atoms with Crippen LogP contribution in [0.4, 0.5) is 10.5 Å². The van der Waals surface area contributed by atoms with Gasteiger partial charge >= 0.3 is 0 Å². The Kier molecular flexibility index (Phi) is 6.46. The number of phenolic OH excluding ortho intramolecular Hbond substituents is 1. The van der Waals surface area contributed by atoms with Gasteiger partial charge in [-0.2, -0.15) is 0 Å². The third kappa shape index (κ3) is 4.72. The smallest absolute Gasteiger partial charge is 0.294 e. The quantitative estimate of drug-likeness (QED) is 0.666. The minimum Gasteiger partial charge on any atom is -0.504 e. The van der Waals surface area contributed by atoms with Gasteiger partial charge in [0.25, 0.3) is 11.1 Å². The maximum Gasteiger partial charge on any atom is 0.294 e. The average molecular weight is 433 g/mol. The molecule has 0 saturated carbocycles. The first-order valence-corrected chi connectivity index (χ1v) is 9.84. The van der Waals surface area contributed by atoms with Gasteiger partial charge in [-0.3, -0.25) is 19.3 Å². The lowest BCUT2D eigenvalue weighted by Gasteiger charge is -2.13. The maximum atomic E-state index is 12.6. The van der Waals surface area contributed by atoms with E-state index in [0.717, 1.165) is 4.90 Å². The lowest BCUT2D eigenvalue weighted by molar-refractivity contribution is -0.127. The largest absolute Gasteiger partial charge is 0.504 e. The molecule has 0 aliphatic carbocycles. The molecule has 2 aromatic carbocycles. The first-order chi connectivity index (χ1) is 13.9. The van der Waals surface area contributed by atoms with E-state index < -0.39 is 23.6 Å². The molecule has 0 aromatic heterocycles. The molecular formula is C20H17ClN2O5S. The number of hydrogen-bond acceptors (Lipinski definition) is 6. The molecule has 0 unspecified atom stereocenters. The van der Waals surface area contributed by atoms with Crippen LogP contribution in [0.15, 0.2) is 47.4 Å². The molecule has 1 aliphatic rings. The summed E-state index contributed by atoms with van der Waals surface area (Å²) in [5.41, 5.74) is 0.723. The van der Waals surface area contributed by atoms with E-state index in [4.69, 9.17) is 16.3 Å². The molecule has 0 spiro atoms. The summed E-state index contributed by atoms with van der Waals surface area (Å²) in [6.07, 6.45) is 1.40. The lowest BCUT2D eigenvalue weighted by Crippen LogP contribution is -2.36. The van der Waals surface area contributed by atoms with Gasteiger partial charge in [-0.25, -0.2) is 0 Å². The number of carbonyl (C=O) groups excluding carboxylic acids is 3. The second-order valence-electron chi connectivity index (χ2n) is 5.92. The van der Waals surface area contributed by atoms with Crippen molar-refractivity contribution in [3.63, 3.8) is 0 Å². The van der Waals surface area contributed by atoms with Crippen molar-refractivity contribution in [2.75, 3.05) is 18.5 Å².